The van der Waals surface area contributed by atoms with E-state index in [0.29, 0.717) is 12.8 Å². The normalized spacial score (nSPS) is 13.8. The maximum atomic E-state index is 12.6. The second-order valence-corrected chi connectivity index (χ2v) is 16.4. The summed E-state index contributed by atoms with van der Waals surface area (Å²) in [6.45, 7) is 3.64. The van der Waals surface area contributed by atoms with E-state index in [0.717, 1.165) is 57.8 Å². The molecule has 0 aliphatic rings. The molecule has 3 N–H and O–H groups in total. The first-order valence-electron chi connectivity index (χ1n) is 22.8. The van der Waals surface area contributed by atoms with Gasteiger partial charge in [-0.25, -0.2) is 4.57 Å². The summed E-state index contributed by atoms with van der Waals surface area (Å²) in [6, 6.07) is 0. The van der Waals surface area contributed by atoms with Gasteiger partial charge in [0.15, 0.2) is 6.10 Å². The first-order chi connectivity index (χ1) is 27.8. The molecule has 0 aromatic rings. The number of phosphoric acid groups is 1. The predicted molar refractivity (Wildman–Crippen MR) is 238 cm³/mol. The minimum absolute atomic E-state index is 0.0430. The summed E-state index contributed by atoms with van der Waals surface area (Å²) in [4.78, 5) is 34.9. The number of carbonyl (C=O) groups excluding carboxylic acids is 2. The highest BCUT2D eigenvalue weighted by molar-refractivity contribution is 7.47. The van der Waals surface area contributed by atoms with Gasteiger partial charge in [-0.2, -0.15) is 0 Å². The van der Waals surface area contributed by atoms with Crippen molar-refractivity contribution in [3.63, 3.8) is 0 Å². The lowest BCUT2D eigenvalue weighted by Crippen LogP contribution is -2.29. The number of phosphoric ester groups is 1. The van der Waals surface area contributed by atoms with Crippen LogP contribution in [0.5, 0.6) is 0 Å². The van der Waals surface area contributed by atoms with Crippen molar-refractivity contribution >= 4 is 19.8 Å². The number of hydrogen-bond acceptors (Lipinski definition) is 8. The van der Waals surface area contributed by atoms with Crippen molar-refractivity contribution in [2.45, 2.75) is 200 Å². The van der Waals surface area contributed by atoms with Crippen LogP contribution in [0.15, 0.2) is 60.8 Å². The average Bonchev–Trinajstić information content (AvgIpc) is 3.20. The Morgan fingerprint density at radius 1 is 0.526 bits per heavy atom. The monoisotopic (exact) mass is 822 g/mol. The number of unbranched alkanes of at least 4 members (excludes halogenated alkanes) is 19. The van der Waals surface area contributed by atoms with E-state index in [9.17, 15) is 19.0 Å². The Bertz CT molecular complexity index is 1120. The fourth-order valence-electron chi connectivity index (χ4n) is 5.97. The van der Waals surface area contributed by atoms with Gasteiger partial charge in [0.25, 0.3) is 0 Å². The van der Waals surface area contributed by atoms with E-state index in [2.05, 4.69) is 68.5 Å². The van der Waals surface area contributed by atoms with E-state index in [-0.39, 0.29) is 32.6 Å². The minimum atomic E-state index is -4.39. The Morgan fingerprint density at radius 2 is 0.930 bits per heavy atom. The summed E-state index contributed by atoms with van der Waals surface area (Å²) < 4.78 is 32.8. The van der Waals surface area contributed by atoms with Gasteiger partial charge in [0.1, 0.15) is 6.61 Å². The van der Waals surface area contributed by atoms with Crippen LogP contribution < -0.4 is 5.73 Å². The van der Waals surface area contributed by atoms with Crippen molar-refractivity contribution in [1.82, 2.24) is 0 Å². The lowest BCUT2D eigenvalue weighted by Gasteiger charge is -2.19. The fraction of sp³-hybridized carbons (Fsp3) is 0.745. The molecule has 2 atom stereocenters. The predicted octanol–water partition coefficient (Wildman–Crippen LogP) is 13.3. The largest absolute Gasteiger partial charge is 0.472 e. The van der Waals surface area contributed by atoms with E-state index in [1.54, 1.807) is 0 Å². The Balaban J connectivity index is 4.21. The quantitative estimate of drug-likeness (QED) is 0.0267. The zero-order valence-electron chi connectivity index (χ0n) is 36.3. The molecule has 0 aliphatic heterocycles. The van der Waals surface area contributed by atoms with Crippen molar-refractivity contribution in [3.05, 3.63) is 60.8 Å². The van der Waals surface area contributed by atoms with Crippen LogP contribution in [0.2, 0.25) is 0 Å². The van der Waals surface area contributed by atoms with Crippen molar-refractivity contribution in [3.8, 4) is 0 Å². The van der Waals surface area contributed by atoms with Crippen molar-refractivity contribution < 1.29 is 37.6 Å². The second-order valence-electron chi connectivity index (χ2n) is 14.9. The van der Waals surface area contributed by atoms with E-state index in [1.165, 1.54) is 96.3 Å². The third-order valence-corrected chi connectivity index (χ3v) is 10.4. The average molecular weight is 822 g/mol. The summed E-state index contributed by atoms with van der Waals surface area (Å²) >= 11 is 0. The van der Waals surface area contributed by atoms with Crippen LogP contribution in [0.3, 0.4) is 0 Å². The molecule has 0 rings (SSSR count). The Labute approximate surface area is 349 Å². The van der Waals surface area contributed by atoms with Gasteiger partial charge in [-0.3, -0.25) is 18.6 Å². The van der Waals surface area contributed by atoms with Crippen LogP contribution in [0.1, 0.15) is 194 Å². The number of esters is 2. The summed E-state index contributed by atoms with van der Waals surface area (Å²) in [5, 5.41) is 0. The van der Waals surface area contributed by atoms with Gasteiger partial charge in [-0.1, -0.05) is 164 Å². The highest BCUT2D eigenvalue weighted by atomic mass is 31.2. The minimum Gasteiger partial charge on any atom is -0.462 e. The maximum Gasteiger partial charge on any atom is 0.472 e. The molecule has 0 aromatic carbocycles. The highest BCUT2D eigenvalue weighted by Crippen LogP contribution is 2.43. The highest BCUT2D eigenvalue weighted by Gasteiger charge is 2.25. The van der Waals surface area contributed by atoms with E-state index >= 15 is 0 Å². The van der Waals surface area contributed by atoms with Crippen LogP contribution in [-0.4, -0.2) is 49.3 Å². The molecule has 0 saturated carbocycles. The number of hydrogen-bond donors (Lipinski definition) is 2. The Kier molecular flexibility index (Phi) is 41.6. The molecule has 0 bridgehead atoms. The number of nitrogens with two attached hydrogens (primary N) is 1. The zero-order valence-corrected chi connectivity index (χ0v) is 37.2. The number of carbonyl (C=O) groups is 2. The van der Waals surface area contributed by atoms with Crippen LogP contribution in [0, 0.1) is 0 Å². The molecule has 10 heteroatoms. The molecule has 0 fully saturated rings. The molecule has 0 radical (unpaired) electrons. The molecule has 0 aliphatic carbocycles. The summed E-state index contributed by atoms with van der Waals surface area (Å²) in [5.74, 6) is -0.896. The molecule has 0 spiro atoms. The molecule has 330 valence electrons. The molecule has 0 heterocycles. The Hall–Kier alpha value is -2.29. The molecule has 1 unspecified atom stereocenters. The topological polar surface area (TPSA) is 134 Å². The molecule has 57 heavy (non-hydrogen) atoms. The van der Waals surface area contributed by atoms with Crippen LogP contribution in [0.25, 0.3) is 0 Å². The molecular formula is C47H84NO8P. The van der Waals surface area contributed by atoms with Gasteiger partial charge in [-0.15, -0.1) is 0 Å². The van der Waals surface area contributed by atoms with E-state index in [1.807, 2.05) is 6.08 Å². The van der Waals surface area contributed by atoms with Gasteiger partial charge < -0.3 is 20.1 Å². The zero-order chi connectivity index (χ0) is 41.8. The first-order valence-corrected chi connectivity index (χ1v) is 24.3. The third kappa shape index (κ3) is 43.1. The summed E-state index contributed by atoms with van der Waals surface area (Å²) in [6.07, 6.45) is 51.1. The number of rotatable bonds is 42. The fourth-order valence-corrected chi connectivity index (χ4v) is 6.74. The maximum absolute atomic E-state index is 12.6. The van der Waals surface area contributed by atoms with Crippen molar-refractivity contribution in [2.75, 3.05) is 26.4 Å². The van der Waals surface area contributed by atoms with E-state index < -0.39 is 32.5 Å². The molecule has 0 saturated heterocycles. The lowest BCUT2D eigenvalue weighted by molar-refractivity contribution is -0.161. The van der Waals surface area contributed by atoms with Crippen LogP contribution in [0.4, 0.5) is 0 Å². The van der Waals surface area contributed by atoms with Crippen LogP contribution >= 0.6 is 7.82 Å². The molecule has 0 amide bonds. The van der Waals surface area contributed by atoms with Gasteiger partial charge in [-0.05, 0) is 77.0 Å². The Morgan fingerprint density at radius 3 is 1.44 bits per heavy atom. The molecule has 0 aromatic heterocycles. The molecule has 9 nitrogen and oxygen atoms in total. The van der Waals surface area contributed by atoms with Gasteiger partial charge in [0.2, 0.25) is 0 Å². The molecular weight excluding hydrogens is 737 g/mol. The smallest absolute Gasteiger partial charge is 0.462 e. The van der Waals surface area contributed by atoms with Crippen LogP contribution in [-0.2, 0) is 32.7 Å². The van der Waals surface area contributed by atoms with Gasteiger partial charge in [0, 0.05) is 19.4 Å². The first kappa shape index (κ1) is 54.7. The standard InChI is InChI=1S/C47H84NO8P/c1-3-5-7-9-11-13-15-17-19-21-22-24-25-27-29-31-33-35-37-39-46(49)53-43-45(44-55-57(51,52)54-42-41-48)56-47(50)40-38-36-34-32-30-28-26-23-20-18-16-14-12-10-8-6-4-2/h11,13,17-20,26,28,32,34,45H,3-10,12,14-16,21-25,27,29-31,33,35-44,48H2,1-2H3,(H,51,52)/t45-/m1/s1. The SMILES string of the molecule is CCCCCC=CCC=CCCCCCCCCCCCC(=O)OC[C@H](COP(=O)(O)OCCN)OC(=O)CCCC=CCC=CCC=CCCCCCCCC. The van der Waals surface area contributed by atoms with E-state index in [4.69, 9.17) is 24.3 Å². The van der Waals surface area contributed by atoms with Crippen molar-refractivity contribution in [1.29, 1.82) is 0 Å². The van der Waals surface area contributed by atoms with Gasteiger partial charge in [0.05, 0.1) is 13.2 Å². The van der Waals surface area contributed by atoms with Gasteiger partial charge >= 0.3 is 19.8 Å². The number of ether oxygens (including phenoxy) is 2. The second kappa shape index (κ2) is 43.3. The number of allylic oxidation sites excluding steroid dienone is 10. The summed E-state index contributed by atoms with van der Waals surface area (Å²) in [7, 11) is -4.39. The van der Waals surface area contributed by atoms with Crippen molar-refractivity contribution in [2.24, 2.45) is 5.73 Å². The lowest BCUT2D eigenvalue weighted by atomic mass is 10.1. The third-order valence-electron chi connectivity index (χ3n) is 9.38. The summed E-state index contributed by atoms with van der Waals surface area (Å²) in [5.41, 5.74) is 5.35.